The average Bonchev–Trinajstić information content (AvgIpc) is 1.69. The minimum absolute atomic E-state index is 0. The second-order valence-electron chi connectivity index (χ2n) is 1.01. The zero-order valence-electron chi connectivity index (χ0n) is 5.81. The van der Waals surface area contributed by atoms with Crippen molar-refractivity contribution in [2.24, 2.45) is 0 Å². The predicted molar refractivity (Wildman–Crippen MR) is 34.8 cm³/mol. The fourth-order valence-corrected chi connectivity index (χ4v) is 0.553. The largest absolute Gasteiger partial charge is 0.668 e. The minimum Gasteiger partial charge on any atom is -0.484 e. The summed E-state index contributed by atoms with van der Waals surface area (Å²) in [7, 11) is 0. The summed E-state index contributed by atoms with van der Waals surface area (Å²) in [6.07, 6.45) is 0. The standard InChI is InChI=1S/2C2H5O.Al.Li/c2*1-2-3;;/h2*2H2,1H3;;/q2*-1;+2;. The van der Waals surface area contributed by atoms with Crippen molar-refractivity contribution < 1.29 is 7.58 Å². The Morgan fingerprint density at radius 1 is 1.12 bits per heavy atom. The molecule has 8 heavy (non-hydrogen) atoms. The van der Waals surface area contributed by atoms with Crippen LogP contribution in [0.25, 0.3) is 0 Å². The molecule has 2 radical (unpaired) electrons. The number of hydrogen-bond acceptors (Lipinski definition) is 2. The minimum atomic E-state index is -0.178. The Kier molecular flexibility index (Phi) is 16.1. The zero-order chi connectivity index (χ0) is 5.54. The Balaban J connectivity index is 0. The molecule has 0 aromatic heterocycles. The predicted octanol–water partition coefficient (Wildman–Crippen LogP) is 0.213. The van der Waals surface area contributed by atoms with Crippen LogP contribution in [0, 0.1) is 0 Å². The number of hydrogen-bond donors (Lipinski definition) is 0. The maximum absolute atomic E-state index is 4.94. The summed E-state index contributed by atoms with van der Waals surface area (Å²) in [5.74, 6) is 0. The Labute approximate surface area is 69.5 Å². The summed E-state index contributed by atoms with van der Waals surface area (Å²) in [4.78, 5) is 0. The van der Waals surface area contributed by atoms with Crippen molar-refractivity contribution in [1.82, 2.24) is 0 Å². The van der Waals surface area contributed by atoms with Gasteiger partial charge in [-0.05, 0) is 13.8 Å². The Bertz CT molecular complexity index is 33.2. The molecule has 0 saturated heterocycles. The summed E-state index contributed by atoms with van der Waals surface area (Å²) < 4.78 is 9.87. The Morgan fingerprint density at radius 3 is 1.75 bits per heavy atom. The van der Waals surface area contributed by atoms with Crippen LogP contribution >= 0.6 is 0 Å². The van der Waals surface area contributed by atoms with Crippen LogP contribution in [0.1, 0.15) is 13.8 Å². The summed E-state index contributed by atoms with van der Waals surface area (Å²) in [6, 6.07) is 0. The first-order chi connectivity index (χ1) is 3.41. The van der Waals surface area contributed by atoms with Gasteiger partial charge in [-0.25, -0.2) is 0 Å². The van der Waals surface area contributed by atoms with E-state index in [0.717, 1.165) is 13.2 Å². The van der Waals surface area contributed by atoms with Crippen molar-refractivity contribution in [3.05, 3.63) is 0 Å². The van der Waals surface area contributed by atoms with Crippen LogP contribution in [-0.2, 0) is 7.58 Å². The Hall–Kier alpha value is 1.05. The fourth-order valence-electron chi connectivity index (χ4n) is 0.184. The molecule has 0 aliphatic rings. The van der Waals surface area contributed by atoms with E-state index in [1.54, 1.807) is 0 Å². The second kappa shape index (κ2) is 10.9. The van der Waals surface area contributed by atoms with Gasteiger partial charge < -0.3 is 7.58 Å². The van der Waals surface area contributed by atoms with E-state index in [1.807, 2.05) is 13.8 Å². The molecule has 0 aromatic carbocycles. The number of rotatable bonds is 4. The van der Waals surface area contributed by atoms with E-state index in [9.17, 15) is 0 Å². The maximum atomic E-state index is 4.94. The van der Waals surface area contributed by atoms with Crippen molar-refractivity contribution in [1.29, 1.82) is 0 Å². The third-order valence-corrected chi connectivity index (χ3v) is 1.41. The van der Waals surface area contributed by atoms with Gasteiger partial charge in [0.1, 0.15) is 0 Å². The first-order valence-electron chi connectivity index (χ1n) is 2.46. The van der Waals surface area contributed by atoms with Crippen molar-refractivity contribution in [2.75, 3.05) is 13.2 Å². The van der Waals surface area contributed by atoms with Gasteiger partial charge in [0.2, 0.25) is 0 Å². The quantitative estimate of drug-likeness (QED) is 0.394. The summed E-state index contributed by atoms with van der Waals surface area (Å²) in [5.41, 5.74) is 0. The van der Waals surface area contributed by atoms with Gasteiger partial charge in [0.15, 0.2) is 0 Å². The van der Waals surface area contributed by atoms with E-state index in [0.29, 0.717) is 0 Å². The Morgan fingerprint density at radius 2 is 1.50 bits per heavy atom. The van der Waals surface area contributed by atoms with E-state index in [2.05, 4.69) is 0 Å². The van der Waals surface area contributed by atoms with E-state index in [1.165, 1.54) is 0 Å². The van der Waals surface area contributed by atoms with E-state index in [-0.39, 0.29) is 34.7 Å². The topological polar surface area (TPSA) is 18.5 Å². The molecule has 42 valence electrons. The van der Waals surface area contributed by atoms with Crippen LogP contribution in [0.4, 0.5) is 0 Å². The molecule has 4 heteroatoms. The van der Waals surface area contributed by atoms with Crippen LogP contribution < -0.4 is 0 Å². The molecule has 2 nitrogen and oxygen atoms in total. The molecule has 0 saturated carbocycles. The average molecular weight is 124 g/mol. The van der Waals surface area contributed by atoms with Crippen molar-refractivity contribution in [3.8, 4) is 0 Å². The van der Waals surface area contributed by atoms with Crippen LogP contribution in [0.15, 0.2) is 0 Å². The van der Waals surface area contributed by atoms with Gasteiger partial charge in [0.05, 0.1) is 0 Å². The molecule has 0 atom stereocenters. The van der Waals surface area contributed by atoms with E-state index in [4.69, 9.17) is 7.58 Å². The van der Waals surface area contributed by atoms with Gasteiger partial charge in [-0.1, -0.05) is 0 Å². The molecular formula is C4H10AlLiO2. The van der Waals surface area contributed by atoms with Crippen molar-refractivity contribution >= 4 is 34.7 Å². The van der Waals surface area contributed by atoms with E-state index >= 15 is 0 Å². The van der Waals surface area contributed by atoms with Gasteiger partial charge in [-0.3, -0.25) is 0 Å². The van der Waals surface area contributed by atoms with Gasteiger partial charge in [0, 0.05) is 32.1 Å². The third-order valence-electron chi connectivity index (χ3n) is 0.469. The molecule has 0 aromatic rings. The molecule has 0 amide bonds. The van der Waals surface area contributed by atoms with Crippen molar-refractivity contribution in [3.63, 3.8) is 0 Å². The maximum Gasteiger partial charge on any atom is 0.668 e. The normalized spacial score (nSPS) is 7.75. The van der Waals surface area contributed by atoms with Crippen LogP contribution in [0.3, 0.4) is 0 Å². The molecule has 0 unspecified atom stereocenters. The smallest absolute Gasteiger partial charge is 0.484 e. The third kappa shape index (κ3) is 10.1. The SMILES string of the molecule is CC[O][Al][O]CC.[Li]. The molecule has 0 heterocycles. The molecule has 0 fully saturated rings. The molecular weight excluding hydrogens is 114 g/mol. The van der Waals surface area contributed by atoms with E-state index < -0.39 is 0 Å². The molecule has 0 N–H and O–H groups in total. The van der Waals surface area contributed by atoms with Gasteiger partial charge in [0.25, 0.3) is 0 Å². The summed E-state index contributed by atoms with van der Waals surface area (Å²) in [6.45, 7) is 5.47. The monoisotopic (exact) mass is 124 g/mol. The fraction of sp³-hybridized carbons (Fsp3) is 1.00. The second-order valence-corrected chi connectivity index (χ2v) is 1.87. The molecule has 0 rings (SSSR count). The van der Waals surface area contributed by atoms with Gasteiger partial charge >= 0.3 is 15.9 Å². The van der Waals surface area contributed by atoms with Crippen LogP contribution in [0.2, 0.25) is 0 Å². The van der Waals surface area contributed by atoms with Crippen molar-refractivity contribution in [2.45, 2.75) is 13.8 Å². The first-order valence-corrected chi connectivity index (χ1v) is 3.41. The summed E-state index contributed by atoms with van der Waals surface area (Å²) in [5, 5.41) is 0. The van der Waals surface area contributed by atoms with Gasteiger partial charge in [-0.15, -0.1) is 0 Å². The molecule has 0 bridgehead atoms. The van der Waals surface area contributed by atoms with Crippen LogP contribution in [0.5, 0.6) is 0 Å². The zero-order valence-corrected chi connectivity index (χ0v) is 6.96. The molecule has 0 spiro atoms. The van der Waals surface area contributed by atoms with Crippen LogP contribution in [-0.4, -0.2) is 48.0 Å². The summed E-state index contributed by atoms with van der Waals surface area (Å²) >= 11 is -0.178. The molecule has 0 aliphatic carbocycles. The van der Waals surface area contributed by atoms with Gasteiger partial charge in [-0.2, -0.15) is 0 Å². The molecule has 0 aliphatic heterocycles. The first kappa shape index (κ1) is 11.8.